The summed E-state index contributed by atoms with van der Waals surface area (Å²) in [5.41, 5.74) is 4.62. The van der Waals surface area contributed by atoms with Crippen molar-refractivity contribution < 1.29 is 14.0 Å². The van der Waals surface area contributed by atoms with Gasteiger partial charge < -0.3 is 14.4 Å². The smallest absolute Gasteiger partial charge is 0.254 e. The van der Waals surface area contributed by atoms with Crippen molar-refractivity contribution in [3.63, 3.8) is 0 Å². The molecule has 0 fully saturated rings. The summed E-state index contributed by atoms with van der Waals surface area (Å²) in [5, 5.41) is 0. The molecular formula is C32H34FN3O2. The molecule has 2 amide bonds. The lowest BCUT2D eigenvalue weighted by molar-refractivity contribution is -0.133. The second kappa shape index (κ2) is 12.9. The largest absolute Gasteiger partial charge is 0.345 e. The van der Waals surface area contributed by atoms with Crippen LogP contribution in [0, 0.1) is 12.7 Å². The van der Waals surface area contributed by atoms with Gasteiger partial charge in [0.2, 0.25) is 5.91 Å². The van der Waals surface area contributed by atoms with E-state index in [2.05, 4.69) is 4.57 Å². The first-order valence-electron chi connectivity index (χ1n) is 13.0. The van der Waals surface area contributed by atoms with E-state index in [1.54, 1.807) is 21.9 Å². The van der Waals surface area contributed by atoms with Gasteiger partial charge in [0, 0.05) is 37.1 Å². The first kappa shape index (κ1) is 26.9. The normalized spacial score (nSPS) is 10.8. The van der Waals surface area contributed by atoms with Crippen LogP contribution in [0.3, 0.4) is 0 Å². The number of aromatic nitrogens is 1. The molecule has 0 saturated carbocycles. The highest BCUT2D eigenvalue weighted by Crippen LogP contribution is 2.16. The van der Waals surface area contributed by atoms with Gasteiger partial charge in [-0.3, -0.25) is 9.59 Å². The maximum absolute atomic E-state index is 13.7. The Bertz CT molecular complexity index is 1330. The van der Waals surface area contributed by atoms with Crippen molar-refractivity contribution in [1.29, 1.82) is 0 Å². The van der Waals surface area contributed by atoms with Crippen molar-refractivity contribution in [2.75, 3.05) is 13.1 Å². The molecule has 38 heavy (non-hydrogen) atoms. The van der Waals surface area contributed by atoms with Gasteiger partial charge in [0.1, 0.15) is 12.4 Å². The quantitative estimate of drug-likeness (QED) is 0.246. The van der Waals surface area contributed by atoms with Gasteiger partial charge in [-0.25, -0.2) is 4.39 Å². The summed E-state index contributed by atoms with van der Waals surface area (Å²) in [6.45, 7) is 5.88. The average Bonchev–Trinajstić information content (AvgIpc) is 3.36. The number of nitrogens with zero attached hydrogens (tertiary/aromatic N) is 3. The zero-order chi connectivity index (χ0) is 26.9. The Morgan fingerprint density at radius 2 is 1.50 bits per heavy atom. The minimum Gasteiger partial charge on any atom is -0.345 e. The van der Waals surface area contributed by atoms with E-state index in [9.17, 15) is 14.0 Å². The lowest BCUT2D eigenvalue weighted by atomic mass is 10.1. The van der Waals surface area contributed by atoms with E-state index >= 15 is 0 Å². The number of hydrogen-bond acceptors (Lipinski definition) is 2. The Morgan fingerprint density at radius 3 is 2.18 bits per heavy atom. The minimum absolute atomic E-state index is 0.00601. The van der Waals surface area contributed by atoms with Gasteiger partial charge in [0.05, 0.1) is 6.54 Å². The van der Waals surface area contributed by atoms with Gasteiger partial charge in [-0.05, 0) is 60.9 Å². The Hall–Kier alpha value is -4.19. The second-order valence-electron chi connectivity index (χ2n) is 9.58. The molecular weight excluding hydrogens is 477 g/mol. The summed E-state index contributed by atoms with van der Waals surface area (Å²) in [4.78, 5) is 30.5. The molecule has 6 heteroatoms. The van der Waals surface area contributed by atoms with Gasteiger partial charge in [-0.2, -0.15) is 0 Å². The highest BCUT2D eigenvalue weighted by Gasteiger charge is 2.23. The Kier molecular flexibility index (Phi) is 9.09. The summed E-state index contributed by atoms with van der Waals surface area (Å²) < 4.78 is 15.4. The van der Waals surface area contributed by atoms with Gasteiger partial charge in [-0.1, -0.05) is 67.1 Å². The molecule has 0 aliphatic heterocycles. The molecule has 196 valence electrons. The maximum atomic E-state index is 13.7. The fraction of sp³-hybridized carbons (Fsp3) is 0.250. The van der Waals surface area contributed by atoms with Crippen LogP contribution >= 0.6 is 0 Å². The number of amides is 2. The highest BCUT2D eigenvalue weighted by atomic mass is 19.1. The standard InChI is InChI=1S/C32H34FN3O2/c1-3-19-35(32(38)28-15-11-25(2)12-16-28)24-31(37)36(22-26-8-5-4-6-9-26)23-30-10-7-20-34(30)21-27-13-17-29(33)18-14-27/h4-18,20H,3,19,21-24H2,1-2H3. The van der Waals surface area contributed by atoms with Crippen LogP contribution in [-0.2, 0) is 24.4 Å². The molecule has 0 aliphatic rings. The van der Waals surface area contributed by atoms with Crippen molar-refractivity contribution in [2.45, 2.75) is 39.9 Å². The van der Waals surface area contributed by atoms with E-state index < -0.39 is 0 Å². The molecule has 4 aromatic rings. The van der Waals surface area contributed by atoms with Crippen molar-refractivity contribution in [3.8, 4) is 0 Å². The third-order valence-electron chi connectivity index (χ3n) is 6.52. The lowest BCUT2D eigenvalue weighted by Gasteiger charge is -2.28. The molecule has 0 spiro atoms. The number of benzene rings is 3. The van der Waals surface area contributed by atoms with Gasteiger partial charge in [0.15, 0.2) is 0 Å². The summed E-state index contributed by atoms with van der Waals surface area (Å²) in [6, 6.07) is 27.7. The zero-order valence-electron chi connectivity index (χ0n) is 22.0. The van der Waals surface area contributed by atoms with E-state index in [0.717, 1.165) is 28.8 Å². The van der Waals surface area contributed by atoms with Crippen LogP contribution < -0.4 is 0 Å². The average molecular weight is 512 g/mol. The van der Waals surface area contributed by atoms with Gasteiger partial charge in [0.25, 0.3) is 5.91 Å². The Balaban J connectivity index is 1.55. The topological polar surface area (TPSA) is 45.6 Å². The molecule has 1 aromatic heterocycles. The third-order valence-corrected chi connectivity index (χ3v) is 6.52. The van der Waals surface area contributed by atoms with E-state index in [1.807, 2.05) is 86.8 Å². The van der Waals surface area contributed by atoms with Crippen LogP contribution in [0.2, 0.25) is 0 Å². The fourth-order valence-corrected chi connectivity index (χ4v) is 4.43. The van der Waals surface area contributed by atoms with Gasteiger partial charge in [-0.15, -0.1) is 0 Å². The summed E-state index contributed by atoms with van der Waals surface area (Å²) in [7, 11) is 0. The van der Waals surface area contributed by atoms with Gasteiger partial charge >= 0.3 is 0 Å². The number of halogens is 1. The highest BCUT2D eigenvalue weighted by molar-refractivity contribution is 5.96. The van der Waals surface area contributed by atoms with E-state index in [4.69, 9.17) is 0 Å². The first-order valence-corrected chi connectivity index (χ1v) is 13.0. The number of carbonyl (C=O) groups is 2. The van der Waals surface area contributed by atoms with Crippen LogP contribution in [0.5, 0.6) is 0 Å². The molecule has 0 aliphatic carbocycles. The van der Waals surface area contributed by atoms with Crippen LogP contribution in [0.4, 0.5) is 4.39 Å². The Labute approximate surface area is 224 Å². The number of carbonyl (C=O) groups excluding carboxylic acids is 2. The fourth-order valence-electron chi connectivity index (χ4n) is 4.43. The molecule has 0 atom stereocenters. The van der Waals surface area contributed by atoms with Crippen molar-refractivity contribution in [1.82, 2.24) is 14.4 Å². The van der Waals surface area contributed by atoms with Crippen molar-refractivity contribution in [3.05, 3.63) is 131 Å². The maximum Gasteiger partial charge on any atom is 0.254 e. The monoisotopic (exact) mass is 511 g/mol. The lowest BCUT2D eigenvalue weighted by Crippen LogP contribution is -2.43. The van der Waals surface area contributed by atoms with Crippen molar-refractivity contribution in [2.24, 2.45) is 0 Å². The van der Waals surface area contributed by atoms with Crippen LogP contribution in [0.1, 0.15) is 46.1 Å². The predicted molar refractivity (Wildman–Crippen MR) is 148 cm³/mol. The second-order valence-corrected chi connectivity index (χ2v) is 9.58. The molecule has 0 bridgehead atoms. The zero-order valence-corrected chi connectivity index (χ0v) is 22.0. The molecule has 1 heterocycles. The number of aryl methyl sites for hydroxylation is 1. The molecule has 3 aromatic carbocycles. The summed E-state index contributed by atoms with van der Waals surface area (Å²) in [5.74, 6) is -0.519. The van der Waals surface area contributed by atoms with Crippen molar-refractivity contribution >= 4 is 11.8 Å². The number of rotatable bonds is 11. The predicted octanol–water partition coefficient (Wildman–Crippen LogP) is 6.07. The minimum atomic E-state index is -0.266. The molecule has 0 radical (unpaired) electrons. The van der Waals surface area contributed by atoms with Crippen LogP contribution in [-0.4, -0.2) is 39.3 Å². The first-order chi connectivity index (χ1) is 18.4. The molecule has 0 unspecified atom stereocenters. The van der Waals surface area contributed by atoms with E-state index in [1.165, 1.54) is 12.1 Å². The SMILES string of the molecule is CCCN(CC(=O)N(Cc1ccccc1)Cc1cccn1Cc1ccc(F)cc1)C(=O)c1ccc(C)cc1. The van der Waals surface area contributed by atoms with Crippen LogP contribution in [0.25, 0.3) is 0 Å². The number of hydrogen-bond donors (Lipinski definition) is 0. The third kappa shape index (κ3) is 7.19. The molecule has 5 nitrogen and oxygen atoms in total. The Morgan fingerprint density at radius 1 is 0.789 bits per heavy atom. The molecule has 0 saturated heterocycles. The molecule has 4 rings (SSSR count). The summed E-state index contributed by atoms with van der Waals surface area (Å²) in [6.07, 6.45) is 2.72. The summed E-state index contributed by atoms with van der Waals surface area (Å²) >= 11 is 0. The van der Waals surface area contributed by atoms with Crippen LogP contribution in [0.15, 0.2) is 97.2 Å². The van der Waals surface area contributed by atoms with E-state index in [-0.39, 0.29) is 24.2 Å². The molecule has 0 N–H and O–H groups in total. The van der Waals surface area contributed by atoms with E-state index in [0.29, 0.717) is 31.7 Å².